The minimum absolute atomic E-state index is 0.0957. The number of aliphatic imine (C=N–C) groups is 1. The molecule has 0 radical (unpaired) electrons. The third kappa shape index (κ3) is 4.85. The van der Waals surface area contributed by atoms with Crippen LogP contribution in [0.3, 0.4) is 0 Å². The van der Waals surface area contributed by atoms with Crippen LogP contribution in [0, 0.1) is 0 Å². The highest BCUT2D eigenvalue weighted by atomic mass is 32.2. The molecule has 0 bridgehead atoms. The first-order chi connectivity index (χ1) is 14.1. The van der Waals surface area contributed by atoms with Gasteiger partial charge in [-0.05, 0) is 36.8 Å². The summed E-state index contributed by atoms with van der Waals surface area (Å²) >= 11 is 3.52. The molecule has 1 N–H and O–H groups in total. The van der Waals surface area contributed by atoms with Crippen molar-refractivity contribution in [1.29, 1.82) is 0 Å². The van der Waals surface area contributed by atoms with E-state index >= 15 is 0 Å². The molecule has 0 atom stereocenters. The fraction of sp³-hybridized carbons (Fsp3) is 0.250. The van der Waals surface area contributed by atoms with Crippen molar-refractivity contribution in [3.63, 3.8) is 0 Å². The number of thioether (sulfide) groups is 1. The molecule has 29 heavy (non-hydrogen) atoms. The van der Waals surface area contributed by atoms with Crippen molar-refractivity contribution in [1.82, 2.24) is 5.32 Å². The Morgan fingerprint density at radius 3 is 2.62 bits per heavy atom. The van der Waals surface area contributed by atoms with Gasteiger partial charge in [0.15, 0.2) is 0 Å². The van der Waals surface area contributed by atoms with E-state index in [0.717, 1.165) is 27.6 Å². The molecule has 0 fully saturated rings. The van der Waals surface area contributed by atoms with Gasteiger partial charge in [-0.3, -0.25) is 4.79 Å². The maximum absolute atomic E-state index is 12.0. The molecule has 0 saturated heterocycles. The molecule has 2 aliphatic rings. The fourth-order valence-corrected chi connectivity index (χ4v) is 4.95. The maximum Gasteiger partial charge on any atom is 0.251 e. The molecule has 2 heterocycles. The Hall–Kier alpha value is -2.24. The largest absolute Gasteiger partial charge is 0.355 e. The number of fused-ring (bicyclic) bond motifs is 2. The van der Waals surface area contributed by atoms with Crippen LogP contribution in [0.25, 0.3) is 0 Å². The summed E-state index contributed by atoms with van der Waals surface area (Å²) in [6, 6.07) is 14.1. The Bertz CT molecular complexity index is 1010. The highest BCUT2D eigenvalue weighted by Gasteiger charge is 2.22. The lowest BCUT2D eigenvalue weighted by Gasteiger charge is -2.16. The fourth-order valence-electron chi connectivity index (χ4n) is 3.00. The molecule has 2 aromatic carbocycles. The highest BCUT2D eigenvalue weighted by molar-refractivity contribution is 8.04. The first kappa shape index (κ1) is 21.5. The lowest BCUT2D eigenvalue weighted by Crippen LogP contribution is -2.17. The van der Waals surface area contributed by atoms with Gasteiger partial charge in [-0.2, -0.15) is 0 Å². The number of amides is 1. The van der Waals surface area contributed by atoms with E-state index in [1.165, 1.54) is 21.8 Å². The molecule has 0 saturated carbocycles. The number of benzene rings is 2. The predicted octanol–water partition coefficient (Wildman–Crippen LogP) is 6.62. The average Bonchev–Trinajstić information content (AvgIpc) is 2.90. The first-order valence-electron chi connectivity index (χ1n) is 9.81. The van der Waals surface area contributed by atoms with Crippen LogP contribution in [0.5, 0.6) is 0 Å². The smallest absolute Gasteiger partial charge is 0.251 e. The van der Waals surface area contributed by atoms with Crippen molar-refractivity contribution in [3.8, 4) is 0 Å². The van der Waals surface area contributed by atoms with Crippen molar-refractivity contribution in [2.75, 3.05) is 12.8 Å². The van der Waals surface area contributed by atoms with Gasteiger partial charge in [0, 0.05) is 38.6 Å². The summed E-state index contributed by atoms with van der Waals surface area (Å²) in [7, 11) is 1.65. The van der Waals surface area contributed by atoms with Crippen LogP contribution in [0.2, 0.25) is 0 Å². The molecule has 5 heteroatoms. The van der Waals surface area contributed by atoms with Gasteiger partial charge in [0.05, 0.1) is 11.4 Å². The number of hydrogen-bond donors (Lipinski definition) is 1. The number of allylic oxidation sites excluding steroid dienone is 3. The van der Waals surface area contributed by atoms with Crippen LogP contribution in [0.4, 0.5) is 5.69 Å². The Kier molecular flexibility index (Phi) is 7.40. The van der Waals surface area contributed by atoms with E-state index in [9.17, 15) is 4.79 Å². The molecule has 0 aromatic heterocycles. The van der Waals surface area contributed by atoms with Gasteiger partial charge in [-0.15, -0.1) is 11.8 Å². The van der Waals surface area contributed by atoms with E-state index in [1.807, 2.05) is 30.0 Å². The highest BCUT2D eigenvalue weighted by Crippen LogP contribution is 2.43. The van der Waals surface area contributed by atoms with Crippen LogP contribution < -0.4 is 5.32 Å². The second kappa shape index (κ2) is 9.99. The number of carbonyl (C=O) groups is 1. The summed E-state index contributed by atoms with van der Waals surface area (Å²) in [6.07, 6.45) is 5.59. The lowest BCUT2D eigenvalue weighted by molar-refractivity contribution is 0.0963. The molecular formula is C24H26N2OS2. The van der Waals surface area contributed by atoms with Gasteiger partial charge in [-0.25, -0.2) is 4.99 Å². The minimum atomic E-state index is -0.0957. The number of carbonyl (C=O) groups excluding carboxylic acids is 1. The molecule has 2 aromatic rings. The van der Waals surface area contributed by atoms with E-state index < -0.39 is 0 Å². The number of nitrogens with zero attached hydrogens (tertiary/aromatic N) is 1. The van der Waals surface area contributed by atoms with E-state index in [0.29, 0.717) is 5.56 Å². The van der Waals surface area contributed by atoms with E-state index in [2.05, 4.69) is 62.5 Å². The van der Waals surface area contributed by atoms with Crippen molar-refractivity contribution in [2.24, 2.45) is 4.99 Å². The zero-order valence-corrected chi connectivity index (χ0v) is 18.9. The number of rotatable bonds is 2. The molecule has 4 rings (SSSR count). The van der Waals surface area contributed by atoms with Crippen LogP contribution in [-0.2, 0) is 0 Å². The van der Waals surface area contributed by atoms with Gasteiger partial charge in [0.25, 0.3) is 5.91 Å². The van der Waals surface area contributed by atoms with Crippen LogP contribution >= 0.6 is 23.5 Å². The summed E-state index contributed by atoms with van der Waals surface area (Å²) < 4.78 is 0. The zero-order valence-electron chi connectivity index (χ0n) is 17.3. The quantitative estimate of drug-likeness (QED) is 0.591. The molecule has 0 unspecified atom stereocenters. The monoisotopic (exact) mass is 422 g/mol. The van der Waals surface area contributed by atoms with Gasteiger partial charge in [0.2, 0.25) is 0 Å². The Morgan fingerprint density at radius 2 is 1.90 bits per heavy atom. The summed E-state index contributed by atoms with van der Waals surface area (Å²) in [6.45, 7) is 6.38. The molecule has 1 amide bonds. The van der Waals surface area contributed by atoms with Gasteiger partial charge in [-0.1, -0.05) is 62.4 Å². The van der Waals surface area contributed by atoms with Crippen LogP contribution in [0.15, 0.2) is 79.9 Å². The molecular weight excluding hydrogens is 396 g/mol. The second-order valence-corrected chi connectivity index (χ2v) is 8.87. The van der Waals surface area contributed by atoms with E-state index in [4.69, 9.17) is 4.99 Å². The van der Waals surface area contributed by atoms with Crippen molar-refractivity contribution in [2.45, 2.75) is 37.0 Å². The summed E-state index contributed by atoms with van der Waals surface area (Å²) in [5.41, 5.74) is 4.84. The second-order valence-electron chi connectivity index (χ2n) is 6.75. The zero-order chi connectivity index (χ0) is 20.8. The Balaban J connectivity index is 0.000000755. The standard InChI is InChI=1S/C21H18N2OS2.C3H8/c1-13-6-5-11-25-20(13)19-15-7-3-4-8-17(15)26-18-10-9-14(21(24)22-2)12-16(18)23-19;1-3-2/h3-10,12H,11H2,1-2H3,(H,22,24);3H2,1-2H3. The third-order valence-electron chi connectivity index (χ3n) is 4.31. The number of nitrogens with one attached hydrogen (secondary N) is 1. The van der Waals surface area contributed by atoms with Crippen LogP contribution in [-0.4, -0.2) is 24.4 Å². The third-order valence-corrected chi connectivity index (χ3v) is 6.61. The molecule has 150 valence electrons. The SMILES string of the molecule is CCC.CNC(=O)c1ccc2c(c1)N=C(C1=C(C)C=CCS1)c1ccccc1S2. The molecule has 0 spiro atoms. The van der Waals surface area contributed by atoms with Crippen LogP contribution in [0.1, 0.15) is 43.1 Å². The lowest BCUT2D eigenvalue weighted by atomic mass is 10.1. The average molecular weight is 423 g/mol. The molecule has 2 aliphatic heterocycles. The molecule has 0 aliphatic carbocycles. The Labute approximate surface area is 181 Å². The van der Waals surface area contributed by atoms with Crippen molar-refractivity contribution in [3.05, 3.63) is 76.2 Å². The van der Waals surface area contributed by atoms with Crippen molar-refractivity contribution >= 4 is 40.8 Å². The maximum atomic E-state index is 12.0. The minimum Gasteiger partial charge on any atom is -0.355 e. The van der Waals surface area contributed by atoms with Crippen molar-refractivity contribution < 1.29 is 4.79 Å². The Morgan fingerprint density at radius 1 is 1.14 bits per heavy atom. The summed E-state index contributed by atoms with van der Waals surface area (Å²) in [5, 5.41) is 2.69. The summed E-state index contributed by atoms with van der Waals surface area (Å²) in [4.78, 5) is 20.5. The van der Waals surface area contributed by atoms with E-state index in [1.54, 1.807) is 18.8 Å². The molecule has 3 nitrogen and oxygen atoms in total. The van der Waals surface area contributed by atoms with Gasteiger partial charge >= 0.3 is 0 Å². The first-order valence-corrected chi connectivity index (χ1v) is 11.6. The number of hydrogen-bond acceptors (Lipinski definition) is 4. The predicted molar refractivity (Wildman–Crippen MR) is 127 cm³/mol. The van der Waals surface area contributed by atoms with E-state index in [-0.39, 0.29) is 5.91 Å². The van der Waals surface area contributed by atoms with Gasteiger partial charge in [0.1, 0.15) is 0 Å². The van der Waals surface area contributed by atoms with Gasteiger partial charge < -0.3 is 5.32 Å². The normalized spacial score (nSPS) is 14.7. The topological polar surface area (TPSA) is 41.5 Å². The summed E-state index contributed by atoms with van der Waals surface area (Å²) in [5.74, 6) is 0.855.